The van der Waals surface area contributed by atoms with Crippen molar-refractivity contribution in [3.8, 4) is 0 Å². The summed E-state index contributed by atoms with van der Waals surface area (Å²) in [6, 6.07) is 11.6. The summed E-state index contributed by atoms with van der Waals surface area (Å²) in [6.45, 7) is 4.82. The predicted octanol–water partition coefficient (Wildman–Crippen LogP) is 2.93. The predicted molar refractivity (Wildman–Crippen MR) is 107 cm³/mol. The molecule has 0 aliphatic carbocycles. The van der Waals surface area contributed by atoms with Crippen LogP contribution >= 0.6 is 0 Å². The van der Waals surface area contributed by atoms with E-state index in [1.165, 1.54) is 26.0 Å². The highest BCUT2D eigenvalue weighted by molar-refractivity contribution is 6.34. The number of nitrogens with zero attached hydrogens (tertiary/aromatic N) is 1. The van der Waals surface area contributed by atoms with Crippen molar-refractivity contribution in [1.29, 1.82) is 0 Å². The lowest BCUT2D eigenvalue weighted by Crippen LogP contribution is -2.42. The number of hydrogen-bond donors (Lipinski definition) is 1. The molecule has 4 rings (SSSR count). The van der Waals surface area contributed by atoms with Gasteiger partial charge in [-0.3, -0.25) is 9.59 Å². The second-order valence-corrected chi connectivity index (χ2v) is 7.42. The van der Waals surface area contributed by atoms with E-state index in [4.69, 9.17) is 9.47 Å². The van der Waals surface area contributed by atoms with E-state index in [0.717, 1.165) is 16.7 Å². The molecular formula is C22H18N2O6. The number of nitrogens with one attached hydrogen (secondary N) is 1. The fourth-order valence-electron chi connectivity index (χ4n) is 3.19. The smallest absolute Gasteiger partial charge is 0.350 e. The SMILES string of the molecule is Cc1ccc(N2C(=O)c3ccc(NC=C4C(=O)OC(C)(C)OC4=O)cc3C2=O)cc1. The molecule has 0 atom stereocenters. The largest absolute Gasteiger partial charge is 0.419 e. The summed E-state index contributed by atoms with van der Waals surface area (Å²) in [7, 11) is 0. The number of imide groups is 1. The number of carbonyl (C=O) groups excluding carboxylic acids is 4. The van der Waals surface area contributed by atoms with Crippen molar-refractivity contribution in [3.63, 3.8) is 0 Å². The molecule has 2 heterocycles. The van der Waals surface area contributed by atoms with Gasteiger partial charge in [-0.2, -0.15) is 0 Å². The molecule has 0 radical (unpaired) electrons. The van der Waals surface area contributed by atoms with Gasteiger partial charge in [-0.25, -0.2) is 14.5 Å². The van der Waals surface area contributed by atoms with Crippen LogP contribution in [0.2, 0.25) is 0 Å². The Hall–Kier alpha value is -3.94. The Bertz CT molecular complexity index is 1110. The van der Waals surface area contributed by atoms with Gasteiger partial charge in [-0.1, -0.05) is 17.7 Å². The number of aryl methyl sites for hydroxylation is 1. The summed E-state index contributed by atoms with van der Waals surface area (Å²) in [6.07, 6.45) is 1.15. The maximum atomic E-state index is 12.8. The van der Waals surface area contributed by atoms with Gasteiger partial charge >= 0.3 is 11.9 Å². The molecular weight excluding hydrogens is 388 g/mol. The first-order chi connectivity index (χ1) is 14.2. The van der Waals surface area contributed by atoms with Crippen LogP contribution in [-0.4, -0.2) is 29.5 Å². The number of anilines is 2. The first-order valence-corrected chi connectivity index (χ1v) is 9.19. The molecule has 0 unspecified atom stereocenters. The number of hydrogen-bond acceptors (Lipinski definition) is 7. The van der Waals surface area contributed by atoms with Crippen molar-refractivity contribution < 1.29 is 28.7 Å². The topological polar surface area (TPSA) is 102 Å². The van der Waals surface area contributed by atoms with Gasteiger partial charge in [0.15, 0.2) is 5.57 Å². The molecule has 2 amide bonds. The molecule has 0 spiro atoms. The molecule has 1 saturated heterocycles. The third-order valence-electron chi connectivity index (χ3n) is 4.68. The molecule has 0 bridgehead atoms. The van der Waals surface area contributed by atoms with Crippen LogP contribution in [0.1, 0.15) is 40.1 Å². The number of rotatable bonds is 3. The van der Waals surface area contributed by atoms with Crippen LogP contribution in [0.5, 0.6) is 0 Å². The Balaban J connectivity index is 1.58. The van der Waals surface area contributed by atoms with Gasteiger partial charge in [0.2, 0.25) is 0 Å². The van der Waals surface area contributed by atoms with Crippen LogP contribution in [0.15, 0.2) is 54.2 Å². The van der Waals surface area contributed by atoms with Crippen LogP contribution in [0.3, 0.4) is 0 Å². The van der Waals surface area contributed by atoms with E-state index >= 15 is 0 Å². The molecule has 2 aliphatic heterocycles. The molecule has 2 aliphatic rings. The molecule has 8 heteroatoms. The zero-order chi connectivity index (χ0) is 21.6. The molecule has 2 aromatic carbocycles. The fourth-order valence-corrected chi connectivity index (χ4v) is 3.19. The first kappa shape index (κ1) is 19.4. The summed E-state index contributed by atoms with van der Waals surface area (Å²) in [5.74, 6) is -3.83. The molecule has 8 nitrogen and oxygen atoms in total. The van der Waals surface area contributed by atoms with Crippen LogP contribution in [0.4, 0.5) is 11.4 Å². The zero-order valence-electron chi connectivity index (χ0n) is 16.5. The molecule has 0 aromatic heterocycles. The minimum absolute atomic E-state index is 0.221. The van der Waals surface area contributed by atoms with E-state index in [1.54, 1.807) is 18.2 Å². The number of benzene rings is 2. The Morgan fingerprint density at radius 1 is 0.867 bits per heavy atom. The second kappa shape index (κ2) is 6.84. The lowest BCUT2D eigenvalue weighted by Gasteiger charge is -2.29. The minimum atomic E-state index is -1.33. The summed E-state index contributed by atoms with van der Waals surface area (Å²) in [5, 5.41) is 2.78. The van der Waals surface area contributed by atoms with E-state index in [2.05, 4.69) is 5.32 Å². The number of carbonyl (C=O) groups is 4. The number of cyclic esters (lactones) is 2. The van der Waals surface area contributed by atoms with E-state index in [9.17, 15) is 19.2 Å². The van der Waals surface area contributed by atoms with E-state index in [-0.39, 0.29) is 16.7 Å². The van der Waals surface area contributed by atoms with Crippen LogP contribution in [0.25, 0.3) is 0 Å². The molecule has 30 heavy (non-hydrogen) atoms. The Morgan fingerprint density at radius 3 is 2.10 bits per heavy atom. The molecule has 0 saturated carbocycles. The van der Waals surface area contributed by atoms with Gasteiger partial charge < -0.3 is 14.8 Å². The van der Waals surface area contributed by atoms with Crippen LogP contribution < -0.4 is 10.2 Å². The van der Waals surface area contributed by atoms with Gasteiger partial charge in [0.05, 0.1) is 16.8 Å². The van der Waals surface area contributed by atoms with Gasteiger partial charge in [0.25, 0.3) is 17.6 Å². The van der Waals surface area contributed by atoms with Crippen molar-refractivity contribution in [2.45, 2.75) is 26.6 Å². The second-order valence-electron chi connectivity index (χ2n) is 7.42. The zero-order valence-corrected chi connectivity index (χ0v) is 16.5. The third kappa shape index (κ3) is 3.32. The number of amides is 2. The number of ether oxygens (including phenoxy) is 2. The highest BCUT2D eigenvalue weighted by atomic mass is 16.7. The van der Waals surface area contributed by atoms with Crippen LogP contribution in [0, 0.1) is 6.92 Å². The third-order valence-corrected chi connectivity index (χ3v) is 4.68. The maximum Gasteiger partial charge on any atom is 0.350 e. The molecule has 1 N–H and O–H groups in total. The Labute approximate surface area is 172 Å². The van der Waals surface area contributed by atoms with Crippen molar-refractivity contribution in [3.05, 3.63) is 70.9 Å². The maximum absolute atomic E-state index is 12.8. The van der Waals surface area contributed by atoms with Crippen molar-refractivity contribution in [2.24, 2.45) is 0 Å². The molecule has 1 fully saturated rings. The van der Waals surface area contributed by atoms with E-state index in [1.807, 2.05) is 19.1 Å². The number of esters is 2. The average Bonchev–Trinajstić information content (AvgIpc) is 2.91. The summed E-state index contributed by atoms with van der Waals surface area (Å²) in [4.78, 5) is 50.7. The summed E-state index contributed by atoms with van der Waals surface area (Å²) < 4.78 is 10.1. The van der Waals surface area contributed by atoms with Gasteiger partial charge in [-0.05, 0) is 37.3 Å². The highest BCUT2D eigenvalue weighted by Crippen LogP contribution is 2.30. The van der Waals surface area contributed by atoms with Crippen LogP contribution in [-0.2, 0) is 19.1 Å². The van der Waals surface area contributed by atoms with Gasteiger partial charge in [-0.15, -0.1) is 0 Å². The first-order valence-electron chi connectivity index (χ1n) is 9.19. The van der Waals surface area contributed by atoms with Gasteiger partial charge in [0, 0.05) is 25.7 Å². The highest BCUT2D eigenvalue weighted by Gasteiger charge is 2.39. The van der Waals surface area contributed by atoms with Crippen molar-refractivity contribution in [2.75, 3.05) is 10.2 Å². The number of fused-ring (bicyclic) bond motifs is 1. The quantitative estimate of drug-likeness (QED) is 0.362. The lowest BCUT2D eigenvalue weighted by atomic mass is 10.1. The minimum Gasteiger partial charge on any atom is -0.419 e. The molecule has 2 aromatic rings. The average molecular weight is 406 g/mol. The van der Waals surface area contributed by atoms with Crippen molar-refractivity contribution >= 4 is 35.1 Å². The standard InChI is InChI=1S/C22H18N2O6/c1-12-4-7-14(8-5-12)24-18(25)15-9-6-13(10-16(15)19(24)26)23-11-17-20(27)29-22(2,3)30-21(17)28/h4-11,23H,1-3H3. The summed E-state index contributed by atoms with van der Waals surface area (Å²) >= 11 is 0. The Kier molecular flexibility index (Phi) is 4.42. The van der Waals surface area contributed by atoms with E-state index in [0.29, 0.717) is 11.4 Å². The van der Waals surface area contributed by atoms with Gasteiger partial charge in [0.1, 0.15) is 0 Å². The Morgan fingerprint density at radius 2 is 1.47 bits per heavy atom. The van der Waals surface area contributed by atoms with E-state index < -0.39 is 29.5 Å². The fraction of sp³-hybridized carbons (Fsp3) is 0.182. The summed E-state index contributed by atoms with van der Waals surface area (Å²) in [5.41, 5.74) is 2.10. The molecule has 152 valence electrons. The van der Waals surface area contributed by atoms with Crippen molar-refractivity contribution in [1.82, 2.24) is 0 Å². The monoisotopic (exact) mass is 406 g/mol. The normalized spacial score (nSPS) is 17.4. The lowest BCUT2D eigenvalue weighted by molar-refractivity contribution is -0.222.